The van der Waals surface area contributed by atoms with Gasteiger partial charge in [0.2, 0.25) is 5.91 Å². The molecule has 1 N–H and O–H groups in total. The van der Waals surface area contributed by atoms with Crippen molar-refractivity contribution in [3.8, 4) is 0 Å². The summed E-state index contributed by atoms with van der Waals surface area (Å²) in [5, 5.41) is 3.70. The Hall–Kier alpha value is -1.91. The van der Waals surface area contributed by atoms with Crippen LogP contribution in [0.4, 0.5) is 4.39 Å². The van der Waals surface area contributed by atoms with Crippen LogP contribution in [0, 0.1) is 5.82 Å². The molecule has 3 nitrogen and oxygen atoms in total. The van der Waals surface area contributed by atoms with Gasteiger partial charge in [0.1, 0.15) is 5.82 Å². The Morgan fingerprint density at radius 1 is 1.12 bits per heavy atom. The van der Waals surface area contributed by atoms with Crippen molar-refractivity contribution < 1.29 is 9.18 Å². The predicted octanol–water partition coefficient (Wildman–Crippen LogP) is 3.83. The van der Waals surface area contributed by atoms with Crippen molar-refractivity contribution in [1.82, 2.24) is 10.2 Å². The Morgan fingerprint density at radius 2 is 1.75 bits per heavy atom. The molecule has 0 radical (unpaired) electrons. The zero-order chi connectivity index (χ0) is 17.5. The number of benzene rings is 2. The Bertz CT molecular complexity index is 656. The summed E-state index contributed by atoms with van der Waals surface area (Å²) >= 11 is 5.86. The zero-order valence-electron chi connectivity index (χ0n) is 13.9. The standard InChI is InChI=1S/C19H22ClFN2O/c1-23(2)12-11-18(15-5-9-17(21)10-6-15)22-19(24)13-14-3-7-16(20)8-4-14/h3-10,18H,11-13H2,1-2H3,(H,22,24). The maximum absolute atomic E-state index is 13.1. The normalized spacial score (nSPS) is 12.2. The van der Waals surface area contributed by atoms with E-state index < -0.39 is 0 Å². The molecule has 2 aromatic rings. The number of hydrogen-bond donors (Lipinski definition) is 1. The molecule has 0 spiro atoms. The SMILES string of the molecule is CN(C)CCC(NC(=O)Cc1ccc(Cl)cc1)c1ccc(F)cc1. The Kier molecular flexibility index (Phi) is 6.76. The summed E-state index contributed by atoms with van der Waals surface area (Å²) in [6.07, 6.45) is 1.04. The Balaban J connectivity index is 2.04. The molecular weight excluding hydrogens is 327 g/mol. The molecule has 1 atom stereocenters. The molecule has 0 bridgehead atoms. The highest BCUT2D eigenvalue weighted by molar-refractivity contribution is 6.30. The van der Waals surface area contributed by atoms with Gasteiger partial charge in [-0.15, -0.1) is 0 Å². The summed E-state index contributed by atoms with van der Waals surface area (Å²) in [5.74, 6) is -0.344. The summed E-state index contributed by atoms with van der Waals surface area (Å²) in [4.78, 5) is 14.4. The lowest BCUT2D eigenvalue weighted by Crippen LogP contribution is -2.32. The molecular formula is C19H22ClFN2O. The van der Waals surface area contributed by atoms with Crippen LogP contribution in [0.3, 0.4) is 0 Å². The molecule has 0 saturated carbocycles. The zero-order valence-corrected chi connectivity index (χ0v) is 14.7. The van der Waals surface area contributed by atoms with Gasteiger partial charge in [-0.25, -0.2) is 4.39 Å². The van der Waals surface area contributed by atoms with E-state index in [9.17, 15) is 9.18 Å². The molecule has 0 aromatic heterocycles. The highest BCUT2D eigenvalue weighted by atomic mass is 35.5. The van der Waals surface area contributed by atoms with Gasteiger partial charge in [-0.2, -0.15) is 0 Å². The van der Waals surface area contributed by atoms with Crippen LogP contribution in [0.25, 0.3) is 0 Å². The molecule has 0 fully saturated rings. The van der Waals surface area contributed by atoms with Gasteiger partial charge in [0.15, 0.2) is 0 Å². The number of hydrogen-bond acceptors (Lipinski definition) is 2. The average molecular weight is 349 g/mol. The van der Waals surface area contributed by atoms with Crippen LogP contribution in [0.1, 0.15) is 23.6 Å². The van der Waals surface area contributed by atoms with E-state index in [4.69, 9.17) is 11.6 Å². The average Bonchev–Trinajstić information content (AvgIpc) is 2.54. The van der Waals surface area contributed by atoms with Gasteiger partial charge in [-0.1, -0.05) is 35.9 Å². The molecule has 2 aromatic carbocycles. The topological polar surface area (TPSA) is 32.3 Å². The van der Waals surface area contributed by atoms with Gasteiger partial charge in [-0.3, -0.25) is 4.79 Å². The molecule has 0 saturated heterocycles. The van der Waals surface area contributed by atoms with Crippen molar-refractivity contribution in [2.24, 2.45) is 0 Å². The second kappa shape index (κ2) is 8.81. The molecule has 0 aliphatic carbocycles. The van der Waals surface area contributed by atoms with Crippen LogP contribution >= 0.6 is 11.6 Å². The lowest BCUT2D eigenvalue weighted by molar-refractivity contribution is -0.121. The fourth-order valence-corrected chi connectivity index (χ4v) is 2.56. The lowest BCUT2D eigenvalue weighted by atomic mass is 10.0. The first-order chi connectivity index (χ1) is 11.4. The van der Waals surface area contributed by atoms with E-state index in [1.54, 1.807) is 24.3 Å². The van der Waals surface area contributed by atoms with Gasteiger partial charge in [0.05, 0.1) is 12.5 Å². The highest BCUT2D eigenvalue weighted by Crippen LogP contribution is 2.18. The number of nitrogens with one attached hydrogen (secondary N) is 1. The third-order valence-electron chi connectivity index (χ3n) is 3.75. The number of halogens is 2. The van der Waals surface area contributed by atoms with Crippen LogP contribution < -0.4 is 5.32 Å². The monoisotopic (exact) mass is 348 g/mol. The van der Waals surface area contributed by atoms with Gasteiger partial charge in [-0.05, 0) is 62.5 Å². The van der Waals surface area contributed by atoms with E-state index in [0.717, 1.165) is 24.1 Å². The van der Waals surface area contributed by atoms with Crippen LogP contribution in [-0.2, 0) is 11.2 Å². The molecule has 2 rings (SSSR count). The van der Waals surface area contributed by atoms with E-state index in [1.807, 2.05) is 26.2 Å². The molecule has 0 heterocycles. The van der Waals surface area contributed by atoms with Gasteiger partial charge < -0.3 is 10.2 Å². The summed E-state index contributed by atoms with van der Waals surface area (Å²) in [6, 6.07) is 13.4. The largest absolute Gasteiger partial charge is 0.349 e. The van der Waals surface area contributed by atoms with Crippen molar-refractivity contribution in [1.29, 1.82) is 0 Å². The smallest absolute Gasteiger partial charge is 0.224 e. The molecule has 128 valence electrons. The van der Waals surface area contributed by atoms with Crippen molar-refractivity contribution in [3.05, 3.63) is 70.5 Å². The van der Waals surface area contributed by atoms with Crippen molar-refractivity contribution in [2.45, 2.75) is 18.9 Å². The van der Waals surface area contributed by atoms with Gasteiger partial charge >= 0.3 is 0 Å². The first kappa shape index (κ1) is 18.4. The van der Waals surface area contributed by atoms with Crippen molar-refractivity contribution in [2.75, 3.05) is 20.6 Å². The van der Waals surface area contributed by atoms with E-state index in [1.165, 1.54) is 12.1 Å². The number of carbonyl (C=O) groups is 1. The molecule has 24 heavy (non-hydrogen) atoms. The second-order valence-corrected chi connectivity index (χ2v) is 6.50. The third-order valence-corrected chi connectivity index (χ3v) is 4.00. The molecule has 0 aliphatic rings. The third kappa shape index (κ3) is 5.95. The van der Waals surface area contributed by atoms with Crippen LogP contribution in [0.2, 0.25) is 5.02 Å². The van der Waals surface area contributed by atoms with Crippen LogP contribution in [0.15, 0.2) is 48.5 Å². The minimum absolute atomic E-state index is 0.0644. The summed E-state index contributed by atoms with van der Waals surface area (Å²) in [5.41, 5.74) is 1.81. The van der Waals surface area contributed by atoms with Crippen molar-refractivity contribution in [3.63, 3.8) is 0 Å². The van der Waals surface area contributed by atoms with Crippen LogP contribution in [-0.4, -0.2) is 31.4 Å². The van der Waals surface area contributed by atoms with Crippen LogP contribution in [0.5, 0.6) is 0 Å². The fraction of sp³-hybridized carbons (Fsp3) is 0.316. The van der Waals surface area contributed by atoms with E-state index in [2.05, 4.69) is 10.2 Å². The minimum Gasteiger partial charge on any atom is -0.349 e. The number of nitrogens with zero attached hydrogens (tertiary/aromatic N) is 1. The van der Waals surface area contributed by atoms with E-state index in [-0.39, 0.29) is 24.2 Å². The first-order valence-corrected chi connectivity index (χ1v) is 8.26. The summed E-state index contributed by atoms with van der Waals surface area (Å²) < 4.78 is 13.1. The quantitative estimate of drug-likeness (QED) is 0.824. The molecule has 0 aliphatic heterocycles. The first-order valence-electron chi connectivity index (χ1n) is 7.88. The maximum Gasteiger partial charge on any atom is 0.224 e. The molecule has 1 unspecified atom stereocenters. The summed E-state index contributed by atoms with van der Waals surface area (Å²) in [6.45, 7) is 0.823. The van der Waals surface area contributed by atoms with E-state index >= 15 is 0 Å². The Labute approximate surface area is 147 Å². The van der Waals surface area contributed by atoms with E-state index in [0.29, 0.717) is 5.02 Å². The molecule has 1 amide bonds. The minimum atomic E-state index is -0.280. The summed E-state index contributed by atoms with van der Waals surface area (Å²) in [7, 11) is 3.97. The predicted molar refractivity (Wildman–Crippen MR) is 95.6 cm³/mol. The highest BCUT2D eigenvalue weighted by Gasteiger charge is 2.15. The van der Waals surface area contributed by atoms with Gasteiger partial charge in [0.25, 0.3) is 0 Å². The second-order valence-electron chi connectivity index (χ2n) is 6.07. The lowest BCUT2D eigenvalue weighted by Gasteiger charge is -2.21. The number of carbonyl (C=O) groups excluding carboxylic acids is 1. The fourth-order valence-electron chi connectivity index (χ4n) is 2.44. The van der Waals surface area contributed by atoms with Crippen molar-refractivity contribution >= 4 is 17.5 Å². The number of rotatable bonds is 7. The van der Waals surface area contributed by atoms with Gasteiger partial charge in [0, 0.05) is 5.02 Å². The molecule has 5 heteroatoms. The number of amides is 1. The maximum atomic E-state index is 13.1. The Morgan fingerprint density at radius 3 is 2.33 bits per heavy atom.